The summed E-state index contributed by atoms with van der Waals surface area (Å²) in [6, 6.07) is 9.69. The molecule has 0 unspecified atom stereocenters. The molecule has 0 aliphatic rings. The summed E-state index contributed by atoms with van der Waals surface area (Å²) in [4.78, 5) is 16.2. The van der Waals surface area contributed by atoms with Gasteiger partial charge in [0.1, 0.15) is 0 Å². The first-order chi connectivity index (χ1) is 9.64. The van der Waals surface area contributed by atoms with Gasteiger partial charge in [0.2, 0.25) is 0 Å². The number of rotatable bonds is 9. The van der Waals surface area contributed by atoms with Crippen LogP contribution in [0.15, 0.2) is 35.3 Å². The third-order valence-corrected chi connectivity index (χ3v) is 3.55. The van der Waals surface area contributed by atoms with Gasteiger partial charge >= 0.3 is 5.97 Å². The summed E-state index contributed by atoms with van der Waals surface area (Å²) in [5.41, 5.74) is -0.00637. The Balaban J connectivity index is 2.94. The summed E-state index contributed by atoms with van der Waals surface area (Å²) in [5, 5.41) is 9.64. The Morgan fingerprint density at radius 1 is 1.15 bits per heavy atom. The monoisotopic (exact) mass is 275 g/mol. The maximum absolute atomic E-state index is 11.7. The largest absolute Gasteiger partial charge is 0.479 e. The lowest BCUT2D eigenvalue weighted by molar-refractivity contribution is -0.143. The smallest absolute Gasteiger partial charge is 0.331 e. The van der Waals surface area contributed by atoms with Gasteiger partial charge in [0.05, 0.1) is 0 Å². The van der Waals surface area contributed by atoms with E-state index in [1.807, 2.05) is 30.3 Å². The Morgan fingerprint density at radius 3 is 2.15 bits per heavy atom. The van der Waals surface area contributed by atoms with Gasteiger partial charge in [-0.1, -0.05) is 69.9 Å². The molecule has 1 rings (SSSR count). The third-order valence-electron chi connectivity index (χ3n) is 3.55. The number of hydrogen-bond acceptors (Lipinski definition) is 2. The lowest BCUT2D eigenvalue weighted by Crippen LogP contribution is -2.37. The number of hydrogen-bond donors (Lipinski definition) is 1. The molecule has 0 aliphatic heterocycles. The van der Waals surface area contributed by atoms with Crippen molar-refractivity contribution in [2.45, 2.75) is 57.9 Å². The Bertz CT molecular complexity index is 418. The Morgan fingerprint density at radius 2 is 1.70 bits per heavy atom. The van der Waals surface area contributed by atoms with Crippen LogP contribution in [0.3, 0.4) is 0 Å². The van der Waals surface area contributed by atoms with Gasteiger partial charge in [-0.2, -0.15) is 0 Å². The van der Waals surface area contributed by atoms with Crippen LogP contribution >= 0.6 is 0 Å². The number of unbranched alkanes of at least 4 members (excludes halogenated alkanes) is 2. The second-order valence-electron chi connectivity index (χ2n) is 5.21. The Kier molecular flexibility index (Phi) is 6.99. The van der Waals surface area contributed by atoms with E-state index in [1.165, 1.54) is 0 Å². The van der Waals surface area contributed by atoms with E-state index in [1.54, 1.807) is 6.21 Å². The molecular weight excluding hydrogens is 250 g/mol. The highest BCUT2D eigenvalue weighted by Crippen LogP contribution is 2.26. The molecule has 3 nitrogen and oxygen atoms in total. The fourth-order valence-corrected chi connectivity index (χ4v) is 2.20. The highest BCUT2D eigenvalue weighted by molar-refractivity contribution is 5.85. The van der Waals surface area contributed by atoms with E-state index in [9.17, 15) is 9.90 Å². The molecule has 0 radical (unpaired) electrons. The first-order valence-electron chi connectivity index (χ1n) is 7.48. The molecule has 0 heterocycles. The van der Waals surface area contributed by atoms with Gasteiger partial charge < -0.3 is 5.11 Å². The van der Waals surface area contributed by atoms with Gasteiger partial charge in [0.25, 0.3) is 0 Å². The van der Waals surface area contributed by atoms with Crippen molar-refractivity contribution >= 4 is 12.2 Å². The molecule has 20 heavy (non-hydrogen) atoms. The van der Waals surface area contributed by atoms with Gasteiger partial charge in [-0.15, -0.1) is 0 Å². The van der Waals surface area contributed by atoms with Crippen LogP contribution < -0.4 is 0 Å². The number of carbonyl (C=O) groups is 1. The maximum atomic E-state index is 11.7. The summed E-state index contributed by atoms with van der Waals surface area (Å²) in [6.07, 6.45) is 6.69. The molecule has 0 saturated heterocycles. The van der Waals surface area contributed by atoms with Crippen molar-refractivity contribution < 1.29 is 9.90 Å². The van der Waals surface area contributed by atoms with Crippen molar-refractivity contribution in [1.82, 2.24) is 0 Å². The molecule has 110 valence electrons. The van der Waals surface area contributed by atoms with Gasteiger partial charge in [-0.3, -0.25) is 4.99 Å². The van der Waals surface area contributed by atoms with Crippen molar-refractivity contribution in [3.05, 3.63) is 35.9 Å². The summed E-state index contributed by atoms with van der Waals surface area (Å²) in [6.45, 7) is 4.15. The zero-order valence-corrected chi connectivity index (χ0v) is 12.5. The lowest BCUT2D eigenvalue weighted by Gasteiger charge is -2.25. The summed E-state index contributed by atoms with van der Waals surface area (Å²) < 4.78 is 0. The minimum absolute atomic E-state index is 0.613. The molecule has 1 N–H and O–H groups in total. The maximum Gasteiger partial charge on any atom is 0.331 e. The predicted octanol–water partition coefficient (Wildman–Crippen LogP) is 4.31. The molecule has 3 heteroatoms. The number of aliphatic imine (C=N–C) groups is 1. The van der Waals surface area contributed by atoms with E-state index in [0.717, 1.165) is 31.2 Å². The fourth-order valence-electron chi connectivity index (χ4n) is 2.20. The first-order valence-corrected chi connectivity index (χ1v) is 7.48. The molecule has 1 aromatic carbocycles. The highest BCUT2D eigenvalue weighted by atomic mass is 16.4. The Labute approximate surface area is 121 Å². The molecule has 0 bridgehead atoms. The van der Waals surface area contributed by atoms with E-state index >= 15 is 0 Å². The minimum atomic E-state index is -0.956. The zero-order chi connectivity index (χ0) is 14.8. The molecule has 0 fully saturated rings. The summed E-state index contributed by atoms with van der Waals surface area (Å²) in [7, 11) is 0. The van der Waals surface area contributed by atoms with E-state index in [2.05, 4.69) is 18.8 Å². The quantitative estimate of drug-likeness (QED) is 0.683. The predicted molar refractivity (Wildman–Crippen MR) is 83.5 cm³/mol. The topological polar surface area (TPSA) is 49.7 Å². The van der Waals surface area contributed by atoms with Crippen LogP contribution in [0.4, 0.5) is 0 Å². The van der Waals surface area contributed by atoms with Gasteiger partial charge in [-0.25, -0.2) is 4.79 Å². The van der Waals surface area contributed by atoms with Crippen molar-refractivity contribution in [2.24, 2.45) is 4.99 Å². The standard InChI is InChI=1S/C17H25NO2/c1-3-5-12-17(16(19)20,13-6-4-2)18-14-15-10-8-7-9-11-15/h7-11,14H,3-6,12-13H2,1-2H3,(H,19,20). The SMILES string of the molecule is CCCCC(CCCC)(N=Cc1ccccc1)C(=O)O. The molecule has 0 amide bonds. The first kappa shape index (κ1) is 16.4. The zero-order valence-electron chi connectivity index (χ0n) is 12.5. The van der Waals surface area contributed by atoms with Crippen LogP contribution in [-0.4, -0.2) is 22.8 Å². The molecule has 0 aromatic heterocycles. The summed E-state index contributed by atoms with van der Waals surface area (Å²) in [5.74, 6) is -0.799. The number of benzene rings is 1. The molecular formula is C17H25NO2. The molecule has 0 atom stereocenters. The van der Waals surface area contributed by atoms with Crippen molar-refractivity contribution in [3.63, 3.8) is 0 Å². The number of aliphatic carboxylic acids is 1. The van der Waals surface area contributed by atoms with Crippen LogP contribution in [0.2, 0.25) is 0 Å². The third kappa shape index (κ3) is 4.80. The Hall–Kier alpha value is -1.64. The lowest BCUT2D eigenvalue weighted by atomic mass is 9.87. The van der Waals surface area contributed by atoms with E-state index in [4.69, 9.17) is 0 Å². The summed E-state index contributed by atoms with van der Waals surface area (Å²) >= 11 is 0. The van der Waals surface area contributed by atoms with E-state index in [-0.39, 0.29) is 0 Å². The van der Waals surface area contributed by atoms with Crippen LogP contribution in [0.1, 0.15) is 57.9 Å². The van der Waals surface area contributed by atoms with Crippen LogP contribution in [0, 0.1) is 0 Å². The molecule has 1 aromatic rings. The molecule has 0 saturated carbocycles. The normalized spacial score (nSPS) is 11.9. The minimum Gasteiger partial charge on any atom is -0.479 e. The second-order valence-corrected chi connectivity index (χ2v) is 5.21. The number of carboxylic acid groups (broad SMARTS) is 1. The van der Waals surface area contributed by atoms with Gasteiger partial charge in [-0.05, 0) is 18.4 Å². The molecule has 0 spiro atoms. The number of nitrogens with zero attached hydrogens (tertiary/aromatic N) is 1. The van der Waals surface area contributed by atoms with Crippen LogP contribution in [0.5, 0.6) is 0 Å². The average molecular weight is 275 g/mol. The second kappa shape index (κ2) is 8.51. The van der Waals surface area contributed by atoms with Crippen LogP contribution in [-0.2, 0) is 4.79 Å². The van der Waals surface area contributed by atoms with E-state index < -0.39 is 11.5 Å². The van der Waals surface area contributed by atoms with Crippen molar-refractivity contribution in [3.8, 4) is 0 Å². The highest BCUT2D eigenvalue weighted by Gasteiger charge is 2.36. The van der Waals surface area contributed by atoms with Crippen molar-refractivity contribution in [2.75, 3.05) is 0 Å². The number of carboxylic acids is 1. The van der Waals surface area contributed by atoms with Gasteiger partial charge in [0.15, 0.2) is 5.54 Å². The van der Waals surface area contributed by atoms with E-state index in [0.29, 0.717) is 12.8 Å². The van der Waals surface area contributed by atoms with Crippen molar-refractivity contribution in [1.29, 1.82) is 0 Å². The molecule has 0 aliphatic carbocycles. The van der Waals surface area contributed by atoms with Gasteiger partial charge in [0, 0.05) is 6.21 Å². The van der Waals surface area contributed by atoms with Crippen LogP contribution in [0.25, 0.3) is 0 Å². The fraction of sp³-hybridized carbons (Fsp3) is 0.529. The average Bonchev–Trinajstić information content (AvgIpc) is 2.47.